The Balaban J connectivity index is 0.00000110. The lowest BCUT2D eigenvalue weighted by Gasteiger charge is -2.16. The fraction of sp³-hybridized carbons (Fsp3) is 0.143. The van der Waals surface area contributed by atoms with E-state index in [0.29, 0.717) is 0 Å². The van der Waals surface area contributed by atoms with Crippen molar-refractivity contribution in [1.29, 1.82) is 0 Å². The lowest BCUT2D eigenvalue weighted by atomic mass is 10.1. The zero-order valence-corrected chi connectivity index (χ0v) is 13.3. The number of nitrogen functional groups attached to an aromatic ring is 1. The molecular weight excluding hydrogens is 309 g/mol. The first-order valence-electron chi connectivity index (χ1n) is 6.03. The summed E-state index contributed by atoms with van der Waals surface area (Å²) in [5.41, 5.74) is 10.3. The molecule has 5 nitrogen and oxygen atoms in total. The zero-order chi connectivity index (χ0) is 13.4. The van der Waals surface area contributed by atoms with Gasteiger partial charge >= 0.3 is 0 Å². The van der Waals surface area contributed by atoms with E-state index < -0.39 is 0 Å². The molecule has 3 N–H and O–H groups in total. The van der Waals surface area contributed by atoms with Gasteiger partial charge in [-0.1, -0.05) is 0 Å². The Morgan fingerprint density at radius 2 is 1.90 bits per heavy atom. The van der Waals surface area contributed by atoms with Gasteiger partial charge in [-0.15, -0.1) is 24.8 Å². The second kappa shape index (κ2) is 6.65. The van der Waals surface area contributed by atoms with Crippen molar-refractivity contribution in [3.63, 3.8) is 0 Å². The van der Waals surface area contributed by atoms with Crippen LogP contribution in [-0.2, 0) is 0 Å². The van der Waals surface area contributed by atoms with Crippen molar-refractivity contribution in [1.82, 2.24) is 15.0 Å². The molecule has 0 amide bonds. The Morgan fingerprint density at radius 3 is 2.57 bits per heavy atom. The Morgan fingerprint density at radius 1 is 1.14 bits per heavy atom. The van der Waals surface area contributed by atoms with Crippen molar-refractivity contribution >= 4 is 47.4 Å². The fourth-order valence-electron chi connectivity index (χ4n) is 2.09. The molecule has 112 valence electrons. The quantitative estimate of drug-likeness (QED) is 0.710. The molecule has 0 aliphatic heterocycles. The summed E-state index contributed by atoms with van der Waals surface area (Å²) < 4.78 is 0. The van der Waals surface area contributed by atoms with Crippen LogP contribution in [-0.4, -0.2) is 29.0 Å². The number of nitrogens with one attached hydrogen (secondary N) is 1. The standard InChI is InChI=1S/C14H15N5.2ClH/c1-19(2)12-8-9(15)5-6-10(12)13-17-11-4-3-7-16-14(11)18-13;;/h3-8H,15H2,1-2H3,(H,16,17,18);2*1H. The smallest absolute Gasteiger partial charge is 0.178 e. The number of rotatable bonds is 2. The number of nitrogens with two attached hydrogens (primary N) is 1. The molecule has 0 saturated carbocycles. The van der Waals surface area contributed by atoms with Crippen molar-refractivity contribution in [3.8, 4) is 11.4 Å². The van der Waals surface area contributed by atoms with E-state index in [2.05, 4.69) is 15.0 Å². The highest BCUT2D eigenvalue weighted by Crippen LogP contribution is 2.30. The van der Waals surface area contributed by atoms with Crippen LogP contribution in [0.15, 0.2) is 36.5 Å². The first-order valence-corrected chi connectivity index (χ1v) is 6.03. The summed E-state index contributed by atoms with van der Waals surface area (Å²) in [6.07, 6.45) is 1.74. The van der Waals surface area contributed by atoms with Gasteiger partial charge < -0.3 is 15.6 Å². The maximum absolute atomic E-state index is 5.85. The Hall–Kier alpha value is -1.98. The third-order valence-electron chi connectivity index (χ3n) is 3.02. The van der Waals surface area contributed by atoms with E-state index in [1.54, 1.807) is 6.20 Å². The van der Waals surface area contributed by atoms with Gasteiger partial charge in [-0.25, -0.2) is 9.97 Å². The summed E-state index contributed by atoms with van der Waals surface area (Å²) in [7, 11) is 3.97. The number of imidazole rings is 1. The minimum Gasteiger partial charge on any atom is -0.399 e. The molecule has 0 fully saturated rings. The minimum atomic E-state index is 0. The monoisotopic (exact) mass is 325 g/mol. The van der Waals surface area contributed by atoms with Crippen LogP contribution in [0, 0.1) is 0 Å². The summed E-state index contributed by atoms with van der Waals surface area (Å²) in [5, 5.41) is 0. The molecule has 0 unspecified atom stereocenters. The number of pyridine rings is 1. The van der Waals surface area contributed by atoms with E-state index in [4.69, 9.17) is 5.73 Å². The second-order valence-electron chi connectivity index (χ2n) is 4.63. The van der Waals surface area contributed by atoms with Gasteiger partial charge in [0.15, 0.2) is 5.65 Å². The molecule has 0 atom stereocenters. The van der Waals surface area contributed by atoms with Crippen LogP contribution in [0.3, 0.4) is 0 Å². The number of nitrogens with zero attached hydrogens (tertiary/aromatic N) is 3. The first kappa shape index (κ1) is 17.1. The Labute approximate surface area is 135 Å². The second-order valence-corrected chi connectivity index (χ2v) is 4.63. The van der Waals surface area contributed by atoms with Gasteiger partial charge in [-0.3, -0.25) is 0 Å². The van der Waals surface area contributed by atoms with Crippen LogP contribution < -0.4 is 10.6 Å². The van der Waals surface area contributed by atoms with Crippen LogP contribution >= 0.6 is 24.8 Å². The minimum absolute atomic E-state index is 0. The zero-order valence-electron chi connectivity index (χ0n) is 11.7. The average Bonchev–Trinajstić information content (AvgIpc) is 2.82. The van der Waals surface area contributed by atoms with E-state index in [9.17, 15) is 0 Å². The first-order chi connectivity index (χ1) is 9.15. The van der Waals surface area contributed by atoms with Gasteiger partial charge in [0, 0.05) is 37.2 Å². The molecule has 2 heterocycles. The third-order valence-corrected chi connectivity index (χ3v) is 3.02. The summed E-state index contributed by atoms with van der Waals surface area (Å²) in [5.74, 6) is 0.803. The molecule has 1 aromatic carbocycles. The number of anilines is 2. The molecule has 0 spiro atoms. The van der Waals surface area contributed by atoms with Crippen molar-refractivity contribution < 1.29 is 0 Å². The highest BCUT2D eigenvalue weighted by molar-refractivity contribution is 5.85. The fourth-order valence-corrected chi connectivity index (χ4v) is 2.09. The van der Waals surface area contributed by atoms with Crippen molar-refractivity contribution in [2.24, 2.45) is 0 Å². The molecule has 0 radical (unpaired) electrons. The number of fused-ring (bicyclic) bond motifs is 1. The van der Waals surface area contributed by atoms with E-state index >= 15 is 0 Å². The van der Waals surface area contributed by atoms with Crippen LogP contribution in [0.5, 0.6) is 0 Å². The Bertz CT molecular complexity index is 706. The van der Waals surface area contributed by atoms with Gasteiger partial charge in [0.2, 0.25) is 0 Å². The topological polar surface area (TPSA) is 70.8 Å². The molecule has 21 heavy (non-hydrogen) atoms. The molecule has 0 aliphatic rings. The largest absolute Gasteiger partial charge is 0.399 e. The van der Waals surface area contributed by atoms with Crippen molar-refractivity contribution in [2.75, 3.05) is 24.7 Å². The van der Waals surface area contributed by atoms with E-state index in [1.807, 2.05) is 49.3 Å². The predicted molar refractivity (Wildman–Crippen MR) is 92.6 cm³/mol. The predicted octanol–water partition coefficient (Wildman–Crippen LogP) is 3.12. The van der Waals surface area contributed by atoms with Crippen LogP contribution in [0.2, 0.25) is 0 Å². The summed E-state index contributed by atoms with van der Waals surface area (Å²) in [6, 6.07) is 9.65. The Kier molecular flexibility index (Phi) is 5.41. The van der Waals surface area contributed by atoms with Gasteiger partial charge in [0.1, 0.15) is 5.82 Å². The van der Waals surface area contributed by atoms with Crippen LogP contribution in [0.1, 0.15) is 0 Å². The molecule has 0 bridgehead atoms. The maximum atomic E-state index is 5.85. The number of benzene rings is 1. The maximum Gasteiger partial charge on any atom is 0.178 e. The molecule has 2 aromatic heterocycles. The van der Waals surface area contributed by atoms with E-state index in [1.165, 1.54) is 0 Å². The highest BCUT2D eigenvalue weighted by atomic mass is 35.5. The van der Waals surface area contributed by atoms with Crippen molar-refractivity contribution in [2.45, 2.75) is 0 Å². The number of halogens is 2. The van der Waals surface area contributed by atoms with Gasteiger partial charge in [-0.05, 0) is 30.3 Å². The number of H-pyrrole nitrogens is 1. The number of aromatic amines is 1. The summed E-state index contributed by atoms with van der Waals surface area (Å²) >= 11 is 0. The van der Waals surface area contributed by atoms with Gasteiger partial charge in [-0.2, -0.15) is 0 Å². The van der Waals surface area contributed by atoms with Crippen molar-refractivity contribution in [3.05, 3.63) is 36.5 Å². The number of hydrogen-bond acceptors (Lipinski definition) is 4. The van der Waals surface area contributed by atoms with Crippen LogP contribution in [0.25, 0.3) is 22.6 Å². The van der Waals surface area contributed by atoms with Gasteiger partial charge in [0.25, 0.3) is 0 Å². The highest BCUT2D eigenvalue weighted by Gasteiger charge is 2.12. The third kappa shape index (κ3) is 3.20. The molecule has 0 aliphatic carbocycles. The number of hydrogen-bond donors (Lipinski definition) is 2. The molecular formula is C14H17Cl2N5. The molecule has 3 rings (SSSR count). The lowest BCUT2D eigenvalue weighted by Crippen LogP contribution is -2.10. The molecule has 7 heteroatoms. The summed E-state index contributed by atoms with van der Waals surface area (Å²) in [6.45, 7) is 0. The van der Waals surface area contributed by atoms with Gasteiger partial charge in [0.05, 0.1) is 5.52 Å². The summed E-state index contributed by atoms with van der Waals surface area (Å²) in [4.78, 5) is 14.1. The van der Waals surface area contributed by atoms with E-state index in [0.717, 1.165) is 33.9 Å². The van der Waals surface area contributed by atoms with E-state index in [-0.39, 0.29) is 24.8 Å². The number of aromatic nitrogens is 3. The normalized spacial score (nSPS) is 9.81. The van der Waals surface area contributed by atoms with Crippen LogP contribution in [0.4, 0.5) is 11.4 Å². The average molecular weight is 326 g/mol. The molecule has 3 aromatic rings. The lowest BCUT2D eigenvalue weighted by molar-refractivity contribution is 1.13. The molecule has 0 saturated heterocycles. The SMILES string of the molecule is CN(C)c1cc(N)ccc1-c1nc2ncccc2[nH]1.Cl.Cl.